The minimum Gasteiger partial charge on any atom is -0.490 e. The predicted molar refractivity (Wildman–Crippen MR) is 88.4 cm³/mol. The molecule has 0 heterocycles. The summed E-state index contributed by atoms with van der Waals surface area (Å²) in [5.41, 5.74) is 5.06. The molecule has 1 amide bonds. The first kappa shape index (κ1) is 15.5. The van der Waals surface area contributed by atoms with E-state index in [1.54, 1.807) is 24.4 Å². The average molecular weight is 294 g/mol. The first-order valence-corrected chi connectivity index (χ1v) is 6.93. The minimum absolute atomic E-state index is 0.234. The Kier molecular flexibility index (Phi) is 5.49. The second-order valence-corrected chi connectivity index (χ2v) is 4.73. The number of amides is 1. The standard InChI is InChI=1S/C18H18N2O2/c1-3-12-22-17-10-6-15(7-11-17)13-19-20-18(21)16-8-4-14(2)5-9-16/h3-11,13H,1,12H2,2H3,(H,20,21). The summed E-state index contributed by atoms with van der Waals surface area (Å²) in [5.74, 6) is 0.530. The Morgan fingerprint density at radius 1 is 1.18 bits per heavy atom. The summed E-state index contributed by atoms with van der Waals surface area (Å²) in [6.45, 7) is 6.04. The van der Waals surface area contributed by atoms with Gasteiger partial charge in [-0.2, -0.15) is 5.10 Å². The first-order chi connectivity index (χ1) is 10.7. The highest BCUT2D eigenvalue weighted by Crippen LogP contribution is 2.10. The van der Waals surface area contributed by atoms with Gasteiger partial charge in [0.2, 0.25) is 0 Å². The third-order valence-electron chi connectivity index (χ3n) is 2.94. The second kappa shape index (κ2) is 7.78. The molecule has 1 N–H and O–H groups in total. The molecule has 0 aromatic heterocycles. The maximum absolute atomic E-state index is 11.9. The Morgan fingerprint density at radius 2 is 1.86 bits per heavy atom. The van der Waals surface area contributed by atoms with Crippen molar-refractivity contribution in [3.05, 3.63) is 77.9 Å². The number of benzene rings is 2. The van der Waals surface area contributed by atoms with Crippen LogP contribution in [0.4, 0.5) is 0 Å². The van der Waals surface area contributed by atoms with Crippen molar-refractivity contribution in [2.24, 2.45) is 5.10 Å². The molecule has 112 valence electrons. The quantitative estimate of drug-likeness (QED) is 0.505. The summed E-state index contributed by atoms with van der Waals surface area (Å²) in [7, 11) is 0. The summed E-state index contributed by atoms with van der Waals surface area (Å²) in [6, 6.07) is 14.7. The van der Waals surface area contributed by atoms with Gasteiger partial charge in [-0.3, -0.25) is 4.79 Å². The minimum atomic E-state index is -0.234. The third-order valence-corrected chi connectivity index (χ3v) is 2.94. The lowest BCUT2D eigenvalue weighted by atomic mass is 10.1. The van der Waals surface area contributed by atoms with Crippen LogP contribution in [0.15, 0.2) is 66.3 Å². The fraction of sp³-hybridized carbons (Fsp3) is 0.111. The highest BCUT2D eigenvalue weighted by atomic mass is 16.5. The molecule has 0 aliphatic heterocycles. The third kappa shape index (κ3) is 4.59. The zero-order valence-electron chi connectivity index (χ0n) is 12.5. The molecule has 2 aromatic rings. The molecule has 22 heavy (non-hydrogen) atoms. The molecule has 0 saturated heterocycles. The molecule has 0 bridgehead atoms. The Balaban J connectivity index is 1.90. The van der Waals surface area contributed by atoms with Crippen LogP contribution < -0.4 is 10.2 Å². The number of nitrogens with one attached hydrogen (secondary N) is 1. The van der Waals surface area contributed by atoms with Gasteiger partial charge in [-0.25, -0.2) is 5.43 Å². The summed E-state index contributed by atoms with van der Waals surface area (Å²) in [5, 5.41) is 3.95. The molecular formula is C18H18N2O2. The van der Waals surface area contributed by atoms with Crippen LogP contribution in [0.3, 0.4) is 0 Å². The van der Waals surface area contributed by atoms with Crippen molar-refractivity contribution in [1.29, 1.82) is 0 Å². The van der Waals surface area contributed by atoms with Crippen LogP contribution in [0, 0.1) is 6.92 Å². The normalized spacial score (nSPS) is 10.4. The van der Waals surface area contributed by atoms with E-state index in [-0.39, 0.29) is 5.91 Å². The molecular weight excluding hydrogens is 276 g/mol. The Morgan fingerprint density at radius 3 is 2.50 bits per heavy atom. The predicted octanol–water partition coefficient (Wildman–Crippen LogP) is 3.32. The van der Waals surface area contributed by atoms with E-state index in [0.717, 1.165) is 16.9 Å². The van der Waals surface area contributed by atoms with Crippen LogP contribution in [-0.4, -0.2) is 18.7 Å². The van der Waals surface area contributed by atoms with Crippen LogP contribution in [0.5, 0.6) is 5.75 Å². The van der Waals surface area contributed by atoms with E-state index in [9.17, 15) is 4.79 Å². The van der Waals surface area contributed by atoms with E-state index in [1.165, 1.54) is 0 Å². The highest BCUT2D eigenvalue weighted by molar-refractivity contribution is 5.94. The Bertz CT molecular complexity index is 658. The molecule has 0 atom stereocenters. The van der Waals surface area contributed by atoms with Gasteiger partial charge >= 0.3 is 0 Å². The number of nitrogens with zero attached hydrogens (tertiary/aromatic N) is 1. The van der Waals surface area contributed by atoms with Crippen molar-refractivity contribution in [2.75, 3.05) is 6.61 Å². The molecule has 0 saturated carbocycles. The molecule has 2 rings (SSSR count). The average Bonchev–Trinajstić information content (AvgIpc) is 2.54. The van der Waals surface area contributed by atoms with Crippen LogP contribution >= 0.6 is 0 Å². The monoisotopic (exact) mass is 294 g/mol. The van der Waals surface area contributed by atoms with E-state index >= 15 is 0 Å². The Hall–Kier alpha value is -2.88. The van der Waals surface area contributed by atoms with Crippen LogP contribution in [0.1, 0.15) is 21.5 Å². The molecule has 0 fully saturated rings. The number of hydrazone groups is 1. The fourth-order valence-electron chi connectivity index (χ4n) is 1.74. The fourth-order valence-corrected chi connectivity index (χ4v) is 1.74. The van der Waals surface area contributed by atoms with Crippen molar-refractivity contribution in [3.63, 3.8) is 0 Å². The maximum Gasteiger partial charge on any atom is 0.271 e. The largest absolute Gasteiger partial charge is 0.490 e. The molecule has 4 heteroatoms. The zero-order chi connectivity index (χ0) is 15.8. The molecule has 0 aliphatic carbocycles. The summed E-state index contributed by atoms with van der Waals surface area (Å²) in [4.78, 5) is 11.9. The van der Waals surface area contributed by atoms with Crippen molar-refractivity contribution in [3.8, 4) is 5.75 Å². The van der Waals surface area contributed by atoms with Gasteiger partial charge in [0.1, 0.15) is 12.4 Å². The number of rotatable bonds is 6. The van der Waals surface area contributed by atoms with Gasteiger partial charge in [0.25, 0.3) is 5.91 Å². The van der Waals surface area contributed by atoms with Gasteiger partial charge in [-0.15, -0.1) is 0 Å². The number of ether oxygens (including phenoxy) is 1. The summed E-state index contributed by atoms with van der Waals surface area (Å²) in [6.07, 6.45) is 3.28. The first-order valence-electron chi connectivity index (χ1n) is 6.93. The number of hydrogen-bond donors (Lipinski definition) is 1. The number of hydrogen-bond acceptors (Lipinski definition) is 3. The molecule has 0 aliphatic rings. The molecule has 2 aromatic carbocycles. The van der Waals surface area contributed by atoms with Gasteiger partial charge in [-0.1, -0.05) is 30.4 Å². The van der Waals surface area contributed by atoms with Gasteiger partial charge in [0.05, 0.1) is 6.21 Å². The topological polar surface area (TPSA) is 50.7 Å². The van der Waals surface area contributed by atoms with Crippen LogP contribution in [-0.2, 0) is 0 Å². The van der Waals surface area contributed by atoms with Gasteiger partial charge in [0, 0.05) is 5.56 Å². The lowest BCUT2D eigenvalue weighted by molar-refractivity contribution is 0.0955. The lowest BCUT2D eigenvalue weighted by Gasteiger charge is -2.03. The number of aryl methyl sites for hydroxylation is 1. The Labute approximate surface area is 130 Å². The number of carbonyl (C=O) groups is 1. The van der Waals surface area contributed by atoms with E-state index < -0.39 is 0 Å². The SMILES string of the molecule is C=CCOc1ccc(C=NNC(=O)c2ccc(C)cc2)cc1. The number of carbonyl (C=O) groups excluding carboxylic acids is 1. The highest BCUT2D eigenvalue weighted by Gasteiger charge is 2.02. The zero-order valence-corrected chi connectivity index (χ0v) is 12.5. The molecule has 4 nitrogen and oxygen atoms in total. The van der Waals surface area contributed by atoms with Gasteiger partial charge in [0.15, 0.2) is 0 Å². The van der Waals surface area contributed by atoms with E-state index in [2.05, 4.69) is 17.1 Å². The van der Waals surface area contributed by atoms with Gasteiger partial charge < -0.3 is 4.74 Å². The van der Waals surface area contributed by atoms with Crippen molar-refractivity contribution in [1.82, 2.24) is 5.43 Å². The van der Waals surface area contributed by atoms with Crippen molar-refractivity contribution >= 4 is 12.1 Å². The van der Waals surface area contributed by atoms with Crippen LogP contribution in [0.2, 0.25) is 0 Å². The van der Waals surface area contributed by atoms with E-state index in [4.69, 9.17) is 4.74 Å². The molecule has 0 unspecified atom stereocenters. The summed E-state index contributed by atoms with van der Waals surface area (Å²) >= 11 is 0. The lowest BCUT2D eigenvalue weighted by Crippen LogP contribution is -2.17. The summed E-state index contributed by atoms with van der Waals surface area (Å²) < 4.78 is 5.39. The van der Waals surface area contributed by atoms with Crippen molar-refractivity contribution in [2.45, 2.75) is 6.92 Å². The second-order valence-electron chi connectivity index (χ2n) is 4.73. The van der Waals surface area contributed by atoms with Crippen LogP contribution in [0.25, 0.3) is 0 Å². The molecule has 0 radical (unpaired) electrons. The smallest absolute Gasteiger partial charge is 0.271 e. The van der Waals surface area contributed by atoms with Crippen molar-refractivity contribution < 1.29 is 9.53 Å². The maximum atomic E-state index is 11.9. The molecule has 0 spiro atoms. The van der Waals surface area contributed by atoms with E-state index in [0.29, 0.717) is 12.2 Å². The van der Waals surface area contributed by atoms with Gasteiger partial charge in [-0.05, 0) is 48.9 Å². The van der Waals surface area contributed by atoms with E-state index in [1.807, 2.05) is 43.3 Å².